The first-order chi connectivity index (χ1) is 21.3. The number of hydrogen-bond acceptors (Lipinski definition) is 8. The first-order valence-corrected chi connectivity index (χ1v) is 15.3. The molecular formula is C33H37N5O6. The Morgan fingerprint density at radius 2 is 1.84 bits per heavy atom. The largest absolute Gasteiger partial charge is 0.497 e. The van der Waals surface area contributed by atoms with Crippen LogP contribution in [-0.2, 0) is 26.3 Å². The third-order valence-electron chi connectivity index (χ3n) is 9.61. The van der Waals surface area contributed by atoms with E-state index in [2.05, 4.69) is 16.3 Å². The smallest absolute Gasteiger partial charge is 0.255 e. The number of nitrogens with one attached hydrogen (secondary N) is 1. The van der Waals surface area contributed by atoms with Gasteiger partial charge in [-0.1, -0.05) is 18.2 Å². The van der Waals surface area contributed by atoms with Crippen LogP contribution in [0.1, 0.15) is 60.0 Å². The molecule has 0 saturated carbocycles. The number of rotatable bonds is 8. The molecule has 11 nitrogen and oxygen atoms in total. The van der Waals surface area contributed by atoms with Gasteiger partial charge in [0, 0.05) is 37.2 Å². The molecule has 4 heterocycles. The molecule has 1 N–H and O–H groups in total. The number of likely N-dealkylation sites (tertiary alicyclic amines) is 2. The van der Waals surface area contributed by atoms with Crippen LogP contribution in [0.3, 0.4) is 0 Å². The van der Waals surface area contributed by atoms with Gasteiger partial charge < -0.3 is 19.3 Å². The number of benzene rings is 2. The summed E-state index contributed by atoms with van der Waals surface area (Å²) in [5, 5.41) is 12.4. The standard InChI is InChI=1S/C33H37N5O6/c1-43-23-9-7-22(8-10-23)33(21-34)13-16-37(17-14-33)32(42)27-5-3-15-36(27)18-19-44-28-6-2-4-24-25(28)20-38(31(24)41)26-11-12-29(39)35-30(26)40/h2,4,6-10,26-27H,3,5,11-20H2,1H3,(H,35,39,40). The van der Waals surface area contributed by atoms with Crippen molar-refractivity contribution in [2.75, 3.05) is 39.9 Å². The first-order valence-electron chi connectivity index (χ1n) is 15.3. The number of hydrogen-bond donors (Lipinski definition) is 1. The highest BCUT2D eigenvalue weighted by Gasteiger charge is 2.42. The van der Waals surface area contributed by atoms with Crippen molar-refractivity contribution in [2.24, 2.45) is 0 Å². The monoisotopic (exact) mass is 599 g/mol. The summed E-state index contributed by atoms with van der Waals surface area (Å²) in [6, 6.07) is 14.6. The Morgan fingerprint density at radius 3 is 2.55 bits per heavy atom. The number of carbonyl (C=O) groups excluding carboxylic acids is 4. The van der Waals surface area contributed by atoms with Gasteiger partial charge in [0.15, 0.2) is 0 Å². The van der Waals surface area contributed by atoms with E-state index < -0.39 is 17.4 Å². The molecule has 230 valence electrons. The molecule has 4 aliphatic heterocycles. The molecular weight excluding hydrogens is 562 g/mol. The zero-order chi connectivity index (χ0) is 30.8. The molecule has 2 aromatic carbocycles. The van der Waals surface area contributed by atoms with Crippen molar-refractivity contribution < 1.29 is 28.7 Å². The van der Waals surface area contributed by atoms with E-state index in [9.17, 15) is 24.4 Å². The quantitative estimate of drug-likeness (QED) is 0.458. The van der Waals surface area contributed by atoms with E-state index in [-0.39, 0.29) is 36.7 Å². The van der Waals surface area contributed by atoms with Gasteiger partial charge in [0.2, 0.25) is 17.7 Å². The lowest BCUT2D eigenvalue weighted by molar-refractivity contribution is -0.138. The van der Waals surface area contributed by atoms with E-state index in [0.717, 1.165) is 36.3 Å². The number of amides is 4. The van der Waals surface area contributed by atoms with E-state index in [1.54, 1.807) is 19.2 Å². The Balaban J connectivity index is 1.04. The Bertz CT molecular complexity index is 1490. The summed E-state index contributed by atoms with van der Waals surface area (Å²) < 4.78 is 11.4. The second kappa shape index (κ2) is 12.3. The van der Waals surface area contributed by atoms with Gasteiger partial charge >= 0.3 is 0 Å². The molecule has 3 saturated heterocycles. The highest BCUT2D eigenvalue weighted by Crippen LogP contribution is 2.37. The normalized spacial score (nSPS) is 23.2. The molecule has 44 heavy (non-hydrogen) atoms. The molecule has 4 aliphatic rings. The molecule has 3 fully saturated rings. The van der Waals surface area contributed by atoms with Crippen molar-refractivity contribution in [1.29, 1.82) is 5.26 Å². The van der Waals surface area contributed by atoms with Gasteiger partial charge in [-0.2, -0.15) is 5.26 Å². The summed E-state index contributed by atoms with van der Waals surface area (Å²) >= 11 is 0. The fraction of sp³-hybridized carbons (Fsp3) is 0.485. The molecule has 4 amide bonds. The molecule has 2 atom stereocenters. The van der Waals surface area contributed by atoms with Gasteiger partial charge in [0.05, 0.1) is 31.2 Å². The van der Waals surface area contributed by atoms with Crippen molar-refractivity contribution in [1.82, 2.24) is 20.0 Å². The van der Waals surface area contributed by atoms with E-state index in [1.807, 2.05) is 35.2 Å². The van der Waals surface area contributed by atoms with Crippen LogP contribution in [0.5, 0.6) is 11.5 Å². The second-order valence-corrected chi connectivity index (χ2v) is 12.0. The number of ether oxygens (including phenoxy) is 2. The molecule has 0 spiro atoms. The molecule has 0 bridgehead atoms. The summed E-state index contributed by atoms with van der Waals surface area (Å²) in [5.41, 5.74) is 1.59. The predicted molar refractivity (Wildman–Crippen MR) is 159 cm³/mol. The van der Waals surface area contributed by atoms with Crippen LogP contribution in [-0.4, -0.2) is 90.3 Å². The zero-order valence-electron chi connectivity index (χ0n) is 24.9. The maximum absolute atomic E-state index is 13.6. The van der Waals surface area contributed by atoms with Crippen LogP contribution in [0.4, 0.5) is 0 Å². The molecule has 0 radical (unpaired) electrons. The van der Waals surface area contributed by atoms with Crippen LogP contribution >= 0.6 is 0 Å². The minimum Gasteiger partial charge on any atom is -0.497 e. The number of imide groups is 1. The number of carbonyl (C=O) groups is 4. The van der Waals surface area contributed by atoms with Crippen LogP contribution in [0.2, 0.25) is 0 Å². The number of fused-ring (bicyclic) bond motifs is 1. The van der Waals surface area contributed by atoms with E-state index in [1.165, 1.54) is 4.90 Å². The lowest BCUT2D eigenvalue weighted by Gasteiger charge is -2.39. The van der Waals surface area contributed by atoms with Crippen LogP contribution in [0.15, 0.2) is 42.5 Å². The van der Waals surface area contributed by atoms with Gasteiger partial charge in [-0.15, -0.1) is 0 Å². The second-order valence-electron chi connectivity index (χ2n) is 12.0. The molecule has 2 unspecified atom stereocenters. The maximum atomic E-state index is 13.6. The molecule has 11 heteroatoms. The molecule has 6 rings (SSSR count). The van der Waals surface area contributed by atoms with Crippen LogP contribution in [0.25, 0.3) is 0 Å². The zero-order valence-corrected chi connectivity index (χ0v) is 24.9. The highest BCUT2D eigenvalue weighted by atomic mass is 16.5. The van der Waals surface area contributed by atoms with Crippen LogP contribution in [0, 0.1) is 11.3 Å². The van der Waals surface area contributed by atoms with Crippen molar-refractivity contribution in [3.63, 3.8) is 0 Å². The third-order valence-corrected chi connectivity index (χ3v) is 9.61. The average Bonchev–Trinajstić information content (AvgIpc) is 3.65. The lowest BCUT2D eigenvalue weighted by Crippen LogP contribution is -2.52. The summed E-state index contributed by atoms with van der Waals surface area (Å²) in [4.78, 5) is 56.3. The fourth-order valence-corrected chi connectivity index (χ4v) is 7.03. The van der Waals surface area contributed by atoms with Gasteiger partial charge in [0.25, 0.3) is 5.91 Å². The van der Waals surface area contributed by atoms with Gasteiger partial charge in [0.1, 0.15) is 24.1 Å². The Kier molecular flexibility index (Phi) is 8.27. The highest BCUT2D eigenvalue weighted by molar-refractivity contribution is 6.05. The number of nitriles is 1. The van der Waals surface area contributed by atoms with Gasteiger partial charge in [-0.05, 0) is 68.5 Å². The summed E-state index contributed by atoms with van der Waals surface area (Å²) in [6.45, 7) is 3.03. The predicted octanol–water partition coefficient (Wildman–Crippen LogP) is 2.38. The summed E-state index contributed by atoms with van der Waals surface area (Å²) in [5.74, 6) is 0.452. The summed E-state index contributed by atoms with van der Waals surface area (Å²) in [6.07, 6.45) is 3.40. The molecule has 0 aliphatic carbocycles. The Labute approximate surface area is 256 Å². The maximum Gasteiger partial charge on any atom is 0.255 e. The Hall–Kier alpha value is -4.43. The molecule has 2 aromatic rings. The van der Waals surface area contributed by atoms with E-state index in [4.69, 9.17) is 9.47 Å². The third kappa shape index (κ3) is 5.50. The number of methoxy groups -OCH3 is 1. The van der Waals surface area contributed by atoms with E-state index >= 15 is 0 Å². The fourth-order valence-electron chi connectivity index (χ4n) is 7.03. The van der Waals surface area contributed by atoms with Gasteiger partial charge in [-0.3, -0.25) is 29.4 Å². The number of piperidine rings is 2. The minimum absolute atomic E-state index is 0.106. The minimum atomic E-state index is -0.680. The van der Waals surface area contributed by atoms with Crippen molar-refractivity contribution in [3.8, 4) is 17.6 Å². The first kappa shape index (κ1) is 29.6. The van der Waals surface area contributed by atoms with Crippen molar-refractivity contribution in [3.05, 3.63) is 59.2 Å². The SMILES string of the molecule is COc1ccc(C2(C#N)CCN(C(=O)C3CCCN3CCOc3cccc4c3CN(C3CCC(=O)NC3=O)C4=O)CC2)cc1. The van der Waals surface area contributed by atoms with E-state index in [0.29, 0.717) is 56.8 Å². The lowest BCUT2D eigenvalue weighted by atomic mass is 9.74. The topological polar surface area (TPSA) is 132 Å². The van der Waals surface area contributed by atoms with Crippen LogP contribution < -0.4 is 14.8 Å². The summed E-state index contributed by atoms with van der Waals surface area (Å²) in [7, 11) is 1.62. The molecule has 0 aromatic heterocycles. The van der Waals surface area contributed by atoms with Crippen molar-refractivity contribution >= 4 is 23.6 Å². The van der Waals surface area contributed by atoms with Crippen molar-refractivity contribution in [2.45, 2.75) is 62.6 Å². The number of nitrogens with zero attached hydrogens (tertiary/aromatic N) is 4. The Morgan fingerprint density at radius 1 is 1.07 bits per heavy atom. The average molecular weight is 600 g/mol. The van der Waals surface area contributed by atoms with Gasteiger partial charge in [-0.25, -0.2) is 0 Å².